The van der Waals surface area contributed by atoms with Gasteiger partial charge < -0.3 is 4.74 Å². The largest absolute Gasteiger partial charge is 0.423 e. The molecule has 0 amide bonds. The van der Waals surface area contributed by atoms with Crippen LogP contribution in [0, 0.1) is 13.8 Å². The van der Waals surface area contributed by atoms with Gasteiger partial charge in [0.1, 0.15) is 5.75 Å². The minimum Gasteiger partial charge on any atom is -0.423 e. The van der Waals surface area contributed by atoms with Gasteiger partial charge in [-0.25, -0.2) is 4.79 Å². The minimum atomic E-state index is -0.365. The van der Waals surface area contributed by atoms with Gasteiger partial charge in [-0.05, 0) is 59.5 Å². The van der Waals surface area contributed by atoms with E-state index < -0.39 is 0 Å². The third-order valence-corrected chi connectivity index (χ3v) is 5.92. The predicted octanol–water partition coefficient (Wildman–Crippen LogP) is 8.01. The molecule has 0 N–H and O–H groups in total. The molecular weight excluding hydrogens is 404 g/mol. The normalized spacial score (nSPS) is 10.8. The zero-order valence-electron chi connectivity index (χ0n) is 18.7. The Balaban J connectivity index is 1.78. The molecule has 0 bridgehead atoms. The van der Waals surface area contributed by atoms with Gasteiger partial charge in [-0.1, -0.05) is 102 Å². The van der Waals surface area contributed by atoms with Crippen LogP contribution in [-0.2, 0) is 0 Å². The molecule has 5 aromatic carbocycles. The fourth-order valence-corrected chi connectivity index (χ4v) is 4.19. The molecule has 0 aromatic heterocycles. The van der Waals surface area contributed by atoms with Crippen LogP contribution >= 0.6 is 0 Å². The predicted molar refractivity (Wildman–Crippen MR) is 136 cm³/mol. The summed E-state index contributed by atoms with van der Waals surface area (Å²) in [5, 5.41) is 2.13. The SMILES string of the molecule is Cc1ccc(-c2cc(C(=O)Oc3ccccc3)c(-c3ccc(C)cc3)c3ccccc23)cc1. The molecule has 0 spiro atoms. The summed E-state index contributed by atoms with van der Waals surface area (Å²) in [6.45, 7) is 4.14. The van der Waals surface area contributed by atoms with Crippen molar-refractivity contribution in [3.05, 3.63) is 126 Å². The van der Waals surface area contributed by atoms with E-state index in [4.69, 9.17) is 4.74 Å². The second kappa shape index (κ2) is 8.76. The van der Waals surface area contributed by atoms with Crippen molar-refractivity contribution in [2.45, 2.75) is 13.8 Å². The molecule has 0 heterocycles. The smallest absolute Gasteiger partial charge is 0.344 e. The first-order chi connectivity index (χ1) is 16.1. The lowest BCUT2D eigenvalue weighted by Crippen LogP contribution is -2.11. The van der Waals surface area contributed by atoms with Gasteiger partial charge in [0.2, 0.25) is 0 Å². The molecule has 160 valence electrons. The number of hydrogen-bond donors (Lipinski definition) is 0. The van der Waals surface area contributed by atoms with E-state index in [0.717, 1.165) is 33.0 Å². The van der Waals surface area contributed by atoms with E-state index in [2.05, 4.69) is 74.5 Å². The van der Waals surface area contributed by atoms with Crippen molar-refractivity contribution in [3.8, 4) is 28.0 Å². The standard InChI is InChI=1S/C31H24O2/c1-21-12-16-23(17-13-21)28-20-29(31(32)33-25-8-4-3-5-9-25)30(24-18-14-22(2)15-19-24)27-11-7-6-10-26(27)28/h3-20H,1-2H3. The van der Waals surface area contributed by atoms with Gasteiger partial charge >= 0.3 is 5.97 Å². The molecule has 5 rings (SSSR count). The molecule has 0 aliphatic rings. The molecule has 0 saturated carbocycles. The van der Waals surface area contributed by atoms with Gasteiger partial charge in [0, 0.05) is 5.56 Å². The van der Waals surface area contributed by atoms with Gasteiger partial charge in [0.15, 0.2) is 0 Å². The fourth-order valence-electron chi connectivity index (χ4n) is 4.19. The number of aryl methyl sites for hydroxylation is 2. The second-order valence-electron chi connectivity index (χ2n) is 8.33. The summed E-state index contributed by atoms with van der Waals surface area (Å²) >= 11 is 0. The maximum atomic E-state index is 13.5. The van der Waals surface area contributed by atoms with Gasteiger partial charge in [-0.2, -0.15) is 0 Å². The first-order valence-electron chi connectivity index (χ1n) is 11.1. The quantitative estimate of drug-likeness (QED) is 0.214. The maximum absolute atomic E-state index is 13.5. The van der Waals surface area contributed by atoms with Gasteiger partial charge in [-0.3, -0.25) is 0 Å². The summed E-state index contributed by atoms with van der Waals surface area (Å²) in [6, 6.07) is 36.2. The monoisotopic (exact) mass is 428 g/mol. The molecule has 33 heavy (non-hydrogen) atoms. The number of hydrogen-bond acceptors (Lipinski definition) is 2. The van der Waals surface area contributed by atoms with Crippen LogP contribution in [0.3, 0.4) is 0 Å². The molecular formula is C31H24O2. The summed E-state index contributed by atoms with van der Waals surface area (Å²) in [7, 11) is 0. The average molecular weight is 429 g/mol. The Kier molecular flexibility index (Phi) is 5.50. The number of carbonyl (C=O) groups excluding carboxylic acids is 1. The summed E-state index contributed by atoms with van der Waals surface area (Å²) in [4.78, 5) is 13.5. The number of carbonyl (C=O) groups is 1. The Labute approximate surface area is 194 Å². The van der Waals surface area contributed by atoms with E-state index in [0.29, 0.717) is 11.3 Å². The zero-order valence-corrected chi connectivity index (χ0v) is 18.7. The van der Waals surface area contributed by atoms with Crippen molar-refractivity contribution in [2.75, 3.05) is 0 Å². The summed E-state index contributed by atoms with van der Waals surface area (Å²) < 4.78 is 5.81. The van der Waals surface area contributed by atoms with Crippen molar-refractivity contribution in [3.63, 3.8) is 0 Å². The highest BCUT2D eigenvalue weighted by Crippen LogP contribution is 2.39. The molecule has 0 saturated heterocycles. The van der Waals surface area contributed by atoms with Crippen molar-refractivity contribution in [1.29, 1.82) is 0 Å². The Morgan fingerprint density at radius 3 is 1.79 bits per heavy atom. The molecule has 2 nitrogen and oxygen atoms in total. The van der Waals surface area contributed by atoms with Crippen molar-refractivity contribution in [2.24, 2.45) is 0 Å². The van der Waals surface area contributed by atoms with Crippen LogP contribution in [0.25, 0.3) is 33.0 Å². The second-order valence-corrected chi connectivity index (χ2v) is 8.33. The lowest BCUT2D eigenvalue weighted by atomic mass is 9.87. The van der Waals surface area contributed by atoms with Crippen LogP contribution in [0.1, 0.15) is 21.5 Å². The summed E-state index contributed by atoms with van der Waals surface area (Å²) in [5.74, 6) is 0.165. The van der Waals surface area contributed by atoms with E-state index in [1.54, 1.807) is 12.1 Å². The molecule has 0 aliphatic carbocycles. The molecule has 0 unspecified atom stereocenters. The highest BCUT2D eigenvalue weighted by Gasteiger charge is 2.21. The van der Waals surface area contributed by atoms with E-state index >= 15 is 0 Å². The van der Waals surface area contributed by atoms with E-state index in [1.807, 2.05) is 36.4 Å². The number of ether oxygens (including phenoxy) is 1. The Hall–Kier alpha value is -4.17. The molecule has 0 atom stereocenters. The first-order valence-corrected chi connectivity index (χ1v) is 11.1. The van der Waals surface area contributed by atoms with Crippen LogP contribution in [0.4, 0.5) is 0 Å². The molecule has 0 radical (unpaired) electrons. The number of rotatable bonds is 4. The van der Waals surface area contributed by atoms with Crippen LogP contribution in [-0.4, -0.2) is 5.97 Å². The summed E-state index contributed by atoms with van der Waals surface area (Å²) in [6.07, 6.45) is 0. The van der Waals surface area contributed by atoms with Crippen LogP contribution < -0.4 is 4.74 Å². The van der Waals surface area contributed by atoms with Crippen LogP contribution in [0.5, 0.6) is 5.75 Å². The Bertz CT molecular complexity index is 1430. The molecule has 0 aliphatic heterocycles. The fraction of sp³-hybridized carbons (Fsp3) is 0.0645. The van der Waals surface area contributed by atoms with E-state index in [9.17, 15) is 4.79 Å². The number of fused-ring (bicyclic) bond motifs is 1. The number of benzene rings is 5. The molecule has 5 aromatic rings. The Morgan fingerprint density at radius 1 is 0.606 bits per heavy atom. The maximum Gasteiger partial charge on any atom is 0.344 e. The van der Waals surface area contributed by atoms with Crippen molar-refractivity contribution < 1.29 is 9.53 Å². The van der Waals surface area contributed by atoms with E-state index in [1.165, 1.54) is 11.1 Å². The van der Waals surface area contributed by atoms with E-state index in [-0.39, 0.29) is 5.97 Å². The lowest BCUT2D eigenvalue weighted by molar-refractivity contribution is 0.0736. The first kappa shape index (κ1) is 20.7. The lowest BCUT2D eigenvalue weighted by Gasteiger charge is -2.17. The highest BCUT2D eigenvalue weighted by molar-refractivity contribution is 6.13. The summed E-state index contributed by atoms with van der Waals surface area (Å²) in [5.41, 5.74) is 6.89. The van der Waals surface area contributed by atoms with Gasteiger partial charge in [0.25, 0.3) is 0 Å². The van der Waals surface area contributed by atoms with Crippen molar-refractivity contribution in [1.82, 2.24) is 0 Å². The zero-order chi connectivity index (χ0) is 22.8. The Morgan fingerprint density at radius 2 is 1.15 bits per heavy atom. The van der Waals surface area contributed by atoms with Crippen LogP contribution in [0.15, 0.2) is 109 Å². The topological polar surface area (TPSA) is 26.3 Å². The molecule has 0 fully saturated rings. The number of para-hydroxylation sites is 1. The van der Waals surface area contributed by atoms with Gasteiger partial charge in [-0.15, -0.1) is 0 Å². The van der Waals surface area contributed by atoms with Crippen molar-refractivity contribution >= 4 is 16.7 Å². The van der Waals surface area contributed by atoms with Gasteiger partial charge in [0.05, 0.1) is 5.56 Å². The highest BCUT2D eigenvalue weighted by atomic mass is 16.5. The third kappa shape index (κ3) is 4.16. The third-order valence-electron chi connectivity index (χ3n) is 5.92. The number of esters is 1. The minimum absolute atomic E-state index is 0.365. The van der Waals surface area contributed by atoms with Crippen LogP contribution in [0.2, 0.25) is 0 Å². The average Bonchev–Trinajstić information content (AvgIpc) is 2.85. The molecule has 2 heteroatoms.